The van der Waals surface area contributed by atoms with Crippen molar-refractivity contribution in [1.29, 1.82) is 0 Å². The minimum absolute atomic E-state index is 0.0730. The molecule has 2 rings (SSSR count). The van der Waals surface area contributed by atoms with Crippen LogP contribution in [0.4, 0.5) is 14.6 Å². The first-order valence-corrected chi connectivity index (χ1v) is 10.1. The molecule has 7 nitrogen and oxygen atoms in total. The Morgan fingerprint density at radius 2 is 2.18 bits per heavy atom. The van der Waals surface area contributed by atoms with Gasteiger partial charge in [-0.1, -0.05) is 0 Å². The molecule has 3 N–H and O–H groups in total. The van der Waals surface area contributed by atoms with Crippen molar-refractivity contribution in [2.75, 3.05) is 12.3 Å². The van der Waals surface area contributed by atoms with Crippen molar-refractivity contribution in [2.24, 2.45) is 0 Å². The highest BCUT2D eigenvalue weighted by Gasteiger charge is 2.61. The Balaban J connectivity index is 2.40. The summed E-state index contributed by atoms with van der Waals surface area (Å²) in [4.78, 5) is 15.2. The SMILES string of the molecule is C[Si](C)(C)OC1C(CO)OC(n2ccc(N)nc2=O)C1(F)F. The number of rotatable bonds is 4. The largest absolute Gasteiger partial charge is 0.406 e. The summed E-state index contributed by atoms with van der Waals surface area (Å²) in [5.74, 6) is -3.56. The van der Waals surface area contributed by atoms with Crippen molar-refractivity contribution in [3.63, 3.8) is 0 Å². The van der Waals surface area contributed by atoms with Gasteiger partial charge < -0.3 is 20.0 Å². The van der Waals surface area contributed by atoms with Gasteiger partial charge in [-0.3, -0.25) is 4.57 Å². The molecule has 3 unspecified atom stereocenters. The first kappa shape index (κ1) is 17.0. The Morgan fingerprint density at radius 3 is 2.68 bits per heavy atom. The summed E-state index contributed by atoms with van der Waals surface area (Å²) in [7, 11) is -2.32. The number of nitrogens with two attached hydrogens (primary N) is 1. The fourth-order valence-electron chi connectivity index (χ4n) is 2.25. The predicted molar refractivity (Wildman–Crippen MR) is 77.1 cm³/mol. The van der Waals surface area contributed by atoms with Gasteiger partial charge in [0.2, 0.25) is 6.23 Å². The Morgan fingerprint density at radius 1 is 1.55 bits per heavy atom. The molecule has 0 saturated carbocycles. The molecular weight excluding hydrogens is 316 g/mol. The van der Waals surface area contributed by atoms with Gasteiger partial charge in [-0.05, 0) is 25.7 Å². The van der Waals surface area contributed by atoms with Crippen molar-refractivity contribution in [2.45, 2.75) is 44.0 Å². The number of nitrogen functional groups attached to an aromatic ring is 1. The summed E-state index contributed by atoms with van der Waals surface area (Å²) in [6.07, 6.45) is -3.66. The number of aromatic nitrogens is 2. The van der Waals surface area contributed by atoms with Crippen LogP contribution in [0.3, 0.4) is 0 Å². The minimum atomic E-state index is -3.49. The number of hydrogen-bond donors (Lipinski definition) is 2. The van der Waals surface area contributed by atoms with Gasteiger partial charge in [0.15, 0.2) is 8.32 Å². The second-order valence-corrected chi connectivity index (χ2v) is 10.5. The molecule has 22 heavy (non-hydrogen) atoms. The van der Waals surface area contributed by atoms with Crippen LogP contribution in [0, 0.1) is 0 Å². The average molecular weight is 335 g/mol. The molecule has 2 heterocycles. The molecule has 1 aliphatic rings. The maximum absolute atomic E-state index is 14.6. The molecule has 124 valence electrons. The van der Waals surface area contributed by atoms with Crippen molar-refractivity contribution >= 4 is 14.1 Å². The maximum atomic E-state index is 14.6. The molecule has 1 aromatic heterocycles. The summed E-state index contributed by atoms with van der Waals surface area (Å²) in [5.41, 5.74) is 4.40. The Kier molecular flexibility index (Phi) is 4.39. The fraction of sp³-hybridized carbons (Fsp3) is 0.667. The van der Waals surface area contributed by atoms with Crippen LogP contribution in [0.5, 0.6) is 0 Å². The molecule has 1 saturated heterocycles. The first-order chi connectivity index (χ1) is 10.1. The first-order valence-electron chi connectivity index (χ1n) is 6.73. The lowest BCUT2D eigenvalue weighted by Crippen LogP contribution is -2.48. The molecule has 1 aliphatic heterocycles. The third-order valence-electron chi connectivity index (χ3n) is 3.11. The number of aliphatic hydroxyl groups is 1. The van der Waals surface area contributed by atoms with E-state index in [0.717, 1.165) is 6.20 Å². The maximum Gasteiger partial charge on any atom is 0.351 e. The highest BCUT2D eigenvalue weighted by Crippen LogP contribution is 2.44. The van der Waals surface area contributed by atoms with E-state index < -0.39 is 45.0 Å². The van der Waals surface area contributed by atoms with Gasteiger partial charge in [0, 0.05) is 6.20 Å². The summed E-state index contributed by atoms with van der Waals surface area (Å²) in [6, 6.07) is 1.22. The van der Waals surface area contributed by atoms with Gasteiger partial charge >= 0.3 is 11.6 Å². The van der Waals surface area contributed by atoms with Crippen LogP contribution >= 0.6 is 0 Å². The van der Waals surface area contributed by atoms with Crippen LogP contribution in [0.2, 0.25) is 19.6 Å². The quantitative estimate of drug-likeness (QED) is 0.781. The van der Waals surface area contributed by atoms with E-state index in [-0.39, 0.29) is 5.82 Å². The molecule has 3 atom stereocenters. The van der Waals surface area contributed by atoms with Crippen LogP contribution in [0.15, 0.2) is 17.1 Å². The van der Waals surface area contributed by atoms with E-state index >= 15 is 0 Å². The van der Waals surface area contributed by atoms with Crippen LogP contribution in [0.25, 0.3) is 0 Å². The zero-order valence-electron chi connectivity index (χ0n) is 12.5. The van der Waals surface area contributed by atoms with Crippen LogP contribution in [-0.2, 0) is 9.16 Å². The highest BCUT2D eigenvalue weighted by atomic mass is 28.4. The van der Waals surface area contributed by atoms with E-state index in [9.17, 15) is 18.7 Å². The smallest absolute Gasteiger partial charge is 0.351 e. The minimum Gasteiger partial charge on any atom is -0.406 e. The Labute approximate surface area is 126 Å². The fourth-order valence-corrected chi connectivity index (χ4v) is 3.32. The molecule has 10 heteroatoms. The lowest BCUT2D eigenvalue weighted by Gasteiger charge is -2.29. The monoisotopic (exact) mass is 335 g/mol. The van der Waals surface area contributed by atoms with Crippen molar-refractivity contribution < 1.29 is 23.1 Å². The lowest BCUT2D eigenvalue weighted by atomic mass is 10.1. The predicted octanol–water partition coefficient (Wildman–Crippen LogP) is 0.571. The third kappa shape index (κ3) is 3.19. The summed E-state index contributed by atoms with van der Waals surface area (Å²) < 4.78 is 40.6. The molecule has 1 aromatic rings. The number of aliphatic hydroxyl groups excluding tert-OH is 1. The molecule has 0 amide bonds. The normalized spacial score (nSPS) is 28.0. The number of anilines is 1. The van der Waals surface area contributed by atoms with Crippen molar-refractivity contribution in [3.05, 3.63) is 22.7 Å². The number of ether oxygens (including phenoxy) is 1. The van der Waals surface area contributed by atoms with E-state index in [1.807, 2.05) is 0 Å². The van der Waals surface area contributed by atoms with E-state index in [1.165, 1.54) is 6.07 Å². The molecular formula is C12H19F2N3O4Si. The number of alkyl halides is 2. The van der Waals surface area contributed by atoms with Gasteiger partial charge in [0.1, 0.15) is 18.0 Å². The third-order valence-corrected chi connectivity index (χ3v) is 4.08. The summed E-state index contributed by atoms with van der Waals surface area (Å²) in [5, 5.41) is 9.30. The number of nitrogens with zero attached hydrogens (tertiary/aromatic N) is 2. The Bertz CT molecular complexity index is 605. The molecule has 0 radical (unpaired) electrons. The van der Waals surface area contributed by atoms with Crippen LogP contribution in [-0.4, -0.2) is 47.7 Å². The van der Waals surface area contributed by atoms with Crippen molar-refractivity contribution in [3.8, 4) is 0 Å². The van der Waals surface area contributed by atoms with Crippen molar-refractivity contribution in [1.82, 2.24) is 9.55 Å². The number of halogens is 2. The molecule has 1 fully saturated rings. The van der Waals surface area contributed by atoms with E-state index in [4.69, 9.17) is 14.9 Å². The topological polar surface area (TPSA) is 99.6 Å². The number of hydrogen-bond acceptors (Lipinski definition) is 6. The lowest BCUT2D eigenvalue weighted by molar-refractivity contribution is -0.137. The summed E-state index contributed by atoms with van der Waals surface area (Å²) >= 11 is 0. The van der Waals surface area contributed by atoms with Gasteiger partial charge in [0.05, 0.1) is 6.61 Å². The zero-order valence-corrected chi connectivity index (χ0v) is 13.5. The van der Waals surface area contributed by atoms with Gasteiger partial charge in [-0.15, -0.1) is 0 Å². The molecule has 0 aromatic carbocycles. The second kappa shape index (κ2) is 5.69. The van der Waals surface area contributed by atoms with Gasteiger partial charge in [-0.2, -0.15) is 13.8 Å². The Hall–Kier alpha value is -1.36. The summed E-state index contributed by atoms with van der Waals surface area (Å²) in [6.45, 7) is 4.61. The van der Waals surface area contributed by atoms with E-state index in [1.54, 1.807) is 19.6 Å². The van der Waals surface area contributed by atoms with Crippen LogP contribution in [0.1, 0.15) is 6.23 Å². The van der Waals surface area contributed by atoms with Gasteiger partial charge in [-0.25, -0.2) is 4.79 Å². The average Bonchev–Trinajstić information content (AvgIpc) is 2.60. The van der Waals surface area contributed by atoms with E-state index in [0.29, 0.717) is 4.57 Å². The van der Waals surface area contributed by atoms with Gasteiger partial charge in [0.25, 0.3) is 0 Å². The molecule has 0 spiro atoms. The highest BCUT2D eigenvalue weighted by molar-refractivity contribution is 6.69. The standard InChI is InChI=1S/C12H19F2N3O4Si/c1-22(2,3)21-9-7(6-18)20-10(12(9,13)14)17-5-4-8(15)16-11(17)19/h4-5,7,9-10,18H,6H2,1-3H3,(H2,15,16,19). The zero-order chi connectivity index (χ0) is 16.7. The molecule has 0 aliphatic carbocycles. The second-order valence-electron chi connectivity index (χ2n) is 6.08. The van der Waals surface area contributed by atoms with E-state index in [2.05, 4.69) is 4.98 Å². The van der Waals surface area contributed by atoms with Crippen LogP contribution < -0.4 is 11.4 Å². The molecule has 0 bridgehead atoms.